The maximum atomic E-state index is 9.09. The van der Waals surface area contributed by atoms with Crippen LogP contribution >= 0.6 is 0 Å². The molecule has 1 atom stereocenters. The molecule has 5 heteroatoms. The lowest BCUT2D eigenvalue weighted by molar-refractivity contribution is 0.789. The van der Waals surface area contributed by atoms with Crippen molar-refractivity contribution in [3.8, 4) is 12.1 Å². The molecule has 0 saturated heterocycles. The van der Waals surface area contributed by atoms with Crippen LogP contribution in [0.3, 0.4) is 0 Å². The van der Waals surface area contributed by atoms with Gasteiger partial charge in [-0.05, 0) is 6.92 Å². The fourth-order valence-corrected chi connectivity index (χ4v) is 1.83. The fourth-order valence-electron chi connectivity index (χ4n) is 1.83. The van der Waals surface area contributed by atoms with Gasteiger partial charge in [0.15, 0.2) is 17.6 Å². The SMILES string of the molecule is CCNC1=C(c2ccccc2)NC(C#N)C(C#N)=N1. The van der Waals surface area contributed by atoms with Gasteiger partial charge in [-0.25, -0.2) is 4.99 Å². The lowest BCUT2D eigenvalue weighted by Crippen LogP contribution is -2.39. The first-order valence-corrected chi connectivity index (χ1v) is 5.98. The Hall–Kier alpha value is -2.79. The average Bonchev–Trinajstić information content (AvgIpc) is 2.48. The third-order valence-corrected chi connectivity index (χ3v) is 2.68. The molecule has 0 fully saturated rings. The normalized spacial score (nSPS) is 17.8. The summed E-state index contributed by atoms with van der Waals surface area (Å²) in [5.41, 5.74) is 1.85. The minimum Gasteiger partial charge on any atom is -0.369 e. The molecule has 1 aromatic carbocycles. The Bertz CT molecular complexity index is 601. The van der Waals surface area contributed by atoms with Crippen LogP contribution in [-0.2, 0) is 0 Å². The van der Waals surface area contributed by atoms with Crippen LogP contribution < -0.4 is 10.6 Å². The summed E-state index contributed by atoms with van der Waals surface area (Å²) in [6, 6.07) is 12.9. The van der Waals surface area contributed by atoms with Gasteiger partial charge in [0.1, 0.15) is 6.07 Å². The van der Waals surface area contributed by atoms with Gasteiger partial charge in [-0.3, -0.25) is 0 Å². The van der Waals surface area contributed by atoms with Gasteiger partial charge < -0.3 is 10.6 Å². The summed E-state index contributed by atoms with van der Waals surface area (Å²) < 4.78 is 0. The second kappa shape index (κ2) is 5.70. The highest BCUT2D eigenvalue weighted by Crippen LogP contribution is 2.20. The average molecular weight is 251 g/mol. The fraction of sp³-hybridized carbons (Fsp3) is 0.214. The molecule has 94 valence electrons. The molecule has 0 aliphatic carbocycles. The Morgan fingerprint density at radius 3 is 2.63 bits per heavy atom. The number of rotatable bonds is 3. The van der Waals surface area contributed by atoms with Gasteiger partial charge in [0.2, 0.25) is 0 Å². The van der Waals surface area contributed by atoms with Crippen LogP contribution in [0.4, 0.5) is 0 Å². The van der Waals surface area contributed by atoms with Crippen LogP contribution in [-0.4, -0.2) is 18.3 Å². The Morgan fingerprint density at radius 2 is 2.05 bits per heavy atom. The Morgan fingerprint density at radius 1 is 1.32 bits per heavy atom. The lowest BCUT2D eigenvalue weighted by atomic mass is 10.1. The molecule has 0 spiro atoms. The summed E-state index contributed by atoms with van der Waals surface area (Å²) in [6.45, 7) is 2.64. The van der Waals surface area contributed by atoms with Crippen molar-refractivity contribution in [2.75, 3.05) is 6.54 Å². The second-order valence-corrected chi connectivity index (χ2v) is 3.94. The van der Waals surface area contributed by atoms with E-state index in [2.05, 4.69) is 15.6 Å². The van der Waals surface area contributed by atoms with Crippen molar-refractivity contribution < 1.29 is 0 Å². The van der Waals surface area contributed by atoms with Crippen LogP contribution in [0.2, 0.25) is 0 Å². The zero-order valence-electron chi connectivity index (χ0n) is 10.5. The molecule has 0 saturated carbocycles. The lowest BCUT2D eigenvalue weighted by Gasteiger charge is -2.23. The summed E-state index contributed by atoms with van der Waals surface area (Å²) in [5, 5.41) is 24.3. The number of aliphatic imine (C=N–C) groups is 1. The quantitative estimate of drug-likeness (QED) is 0.850. The molecule has 0 bridgehead atoms. The molecule has 1 unspecified atom stereocenters. The number of nitriles is 2. The molecule has 0 aromatic heterocycles. The predicted molar refractivity (Wildman–Crippen MR) is 72.6 cm³/mol. The third-order valence-electron chi connectivity index (χ3n) is 2.68. The van der Waals surface area contributed by atoms with Crippen LogP contribution in [0, 0.1) is 22.7 Å². The van der Waals surface area contributed by atoms with Gasteiger partial charge in [0.05, 0.1) is 11.8 Å². The molecule has 5 nitrogen and oxygen atoms in total. The molecule has 2 rings (SSSR count). The standard InChI is InChI=1S/C14H13N5/c1-2-17-14-13(10-6-4-3-5-7-10)18-11(8-15)12(9-16)19-14/h3-7,11,17-18H,2H2,1H3. The van der Waals surface area contributed by atoms with Gasteiger partial charge in [-0.15, -0.1) is 0 Å². The van der Waals surface area contributed by atoms with Crippen molar-refractivity contribution in [2.45, 2.75) is 13.0 Å². The van der Waals surface area contributed by atoms with E-state index in [-0.39, 0.29) is 5.71 Å². The van der Waals surface area contributed by atoms with E-state index in [1.54, 1.807) is 0 Å². The topological polar surface area (TPSA) is 84.0 Å². The Labute approximate surface area is 111 Å². The van der Waals surface area contributed by atoms with E-state index in [9.17, 15) is 0 Å². The molecule has 1 aliphatic rings. The van der Waals surface area contributed by atoms with Gasteiger partial charge in [-0.1, -0.05) is 30.3 Å². The largest absolute Gasteiger partial charge is 0.369 e. The van der Waals surface area contributed by atoms with Crippen molar-refractivity contribution in [3.63, 3.8) is 0 Å². The van der Waals surface area contributed by atoms with Crippen LogP contribution in [0.25, 0.3) is 5.70 Å². The number of benzene rings is 1. The predicted octanol–water partition coefficient (Wildman–Crippen LogP) is 1.38. The highest BCUT2D eigenvalue weighted by Gasteiger charge is 2.24. The van der Waals surface area contributed by atoms with E-state index in [1.807, 2.05) is 49.4 Å². The monoisotopic (exact) mass is 251 g/mol. The molecular weight excluding hydrogens is 238 g/mol. The number of nitrogens with one attached hydrogen (secondary N) is 2. The highest BCUT2D eigenvalue weighted by molar-refractivity contribution is 6.07. The Kier molecular flexibility index (Phi) is 3.80. The van der Waals surface area contributed by atoms with Crippen molar-refractivity contribution in [3.05, 3.63) is 41.7 Å². The zero-order chi connectivity index (χ0) is 13.7. The summed E-state index contributed by atoms with van der Waals surface area (Å²) in [7, 11) is 0. The molecule has 1 heterocycles. The maximum Gasteiger partial charge on any atom is 0.167 e. The van der Waals surface area contributed by atoms with Gasteiger partial charge in [0.25, 0.3) is 0 Å². The summed E-state index contributed by atoms with van der Waals surface area (Å²) in [4.78, 5) is 4.24. The third kappa shape index (κ3) is 2.56. The minimum absolute atomic E-state index is 0.179. The Balaban J connectivity index is 2.50. The van der Waals surface area contributed by atoms with E-state index in [4.69, 9.17) is 10.5 Å². The van der Waals surface area contributed by atoms with Crippen LogP contribution in [0.1, 0.15) is 12.5 Å². The molecule has 19 heavy (non-hydrogen) atoms. The van der Waals surface area contributed by atoms with Crippen molar-refractivity contribution in [1.82, 2.24) is 10.6 Å². The van der Waals surface area contributed by atoms with Crippen LogP contribution in [0.15, 0.2) is 41.1 Å². The maximum absolute atomic E-state index is 9.09. The summed E-state index contributed by atoms with van der Waals surface area (Å²) >= 11 is 0. The van der Waals surface area contributed by atoms with Crippen LogP contribution in [0.5, 0.6) is 0 Å². The first-order valence-electron chi connectivity index (χ1n) is 5.98. The first kappa shape index (κ1) is 12.7. The molecule has 1 aliphatic heterocycles. The molecule has 1 aromatic rings. The van der Waals surface area contributed by atoms with Gasteiger partial charge in [0, 0.05) is 12.1 Å². The highest BCUT2D eigenvalue weighted by atomic mass is 15.1. The number of nitrogens with zero attached hydrogens (tertiary/aromatic N) is 3. The molecule has 0 amide bonds. The smallest absolute Gasteiger partial charge is 0.167 e. The van der Waals surface area contributed by atoms with Crippen molar-refractivity contribution in [1.29, 1.82) is 10.5 Å². The number of hydrogen-bond donors (Lipinski definition) is 2. The van der Waals surface area contributed by atoms with Crippen molar-refractivity contribution in [2.24, 2.45) is 4.99 Å². The second-order valence-electron chi connectivity index (χ2n) is 3.94. The van der Waals surface area contributed by atoms with E-state index in [0.717, 1.165) is 11.3 Å². The van der Waals surface area contributed by atoms with E-state index in [0.29, 0.717) is 12.4 Å². The zero-order valence-corrected chi connectivity index (χ0v) is 10.5. The van der Waals surface area contributed by atoms with Gasteiger partial charge in [-0.2, -0.15) is 10.5 Å². The minimum atomic E-state index is -0.706. The summed E-state index contributed by atoms with van der Waals surface area (Å²) in [5.74, 6) is 0.594. The van der Waals surface area contributed by atoms with E-state index >= 15 is 0 Å². The van der Waals surface area contributed by atoms with E-state index in [1.165, 1.54) is 0 Å². The van der Waals surface area contributed by atoms with Crippen molar-refractivity contribution >= 4 is 11.4 Å². The molecular formula is C14H13N5. The summed E-state index contributed by atoms with van der Waals surface area (Å²) in [6.07, 6.45) is 0. The van der Waals surface area contributed by atoms with E-state index < -0.39 is 6.04 Å². The molecule has 0 radical (unpaired) electrons. The number of hydrogen-bond acceptors (Lipinski definition) is 5. The molecule has 2 N–H and O–H groups in total. The first-order chi connectivity index (χ1) is 9.30. The van der Waals surface area contributed by atoms with Gasteiger partial charge >= 0.3 is 0 Å².